The maximum atomic E-state index is 5.18. The minimum absolute atomic E-state index is 0.609. The number of rotatable bonds is 0. The normalized spacial score (nSPS) is 34.5. The van der Waals surface area contributed by atoms with E-state index in [4.69, 9.17) is 4.74 Å². The standard InChI is InChI=1S/C4H9AsO/c5-4-2-1-3-6-4/h4H,1-3,5H2. The molecule has 0 radical (unpaired) electrons. The van der Waals surface area contributed by atoms with Crippen molar-refractivity contribution in [2.45, 2.75) is 17.7 Å². The summed E-state index contributed by atoms with van der Waals surface area (Å²) in [6.45, 7) is 1.00. The van der Waals surface area contributed by atoms with Crippen molar-refractivity contribution < 1.29 is 4.74 Å². The van der Waals surface area contributed by atoms with Crippen molar-refractivity contribution in [2.24, 2.45) is 0 Å². The molecule has 1 nitrogen and oxygen atoms in total. The fourth-order valence-corrected chi connectivity index (χ4v) is 1.38. The molecule has 1 rings (SSSR count). The summed E-state index contributed by atoms with van der Waals surface area (Å²) in [4.78, 5) is 0.609. The van der Waals surface area contributed by atoms with E-state index in [9.17, 15) is 0 Å². The van der Waals surface area contributed by atoms with Gasteiger partial charge < -0.3 is 0 Å². The van der Waals surface area contributed by atoms with Gasteiger partial charge in [-0.15, -0.1) is 0 Å². The third kappa shape index (κ3) is 0.990. The molecule has 0 N–H and O–H groups in total. The van der Waals surface area contributed by atoms with Gasteiger partial charge in [0, 0.05) is 0 Å². The topological polar surface area (TPSA) is 9.23 Å². The second-order valence-corrected chi connectivity index (χ2v) is 3.11. The SMILES string of the molecule is [AsH2]C1CCCO1. The molecular weight excluding hydrogens is 139 g/mol. The molecule has 0 bridgehead atoms. The summed E-state index contributed by atoms with van der Waals surface area (Å²) in [7, 11) is 0. The van der Waals surface area contributed by atoms with Gasteiger partial charge in [-0.1, -0.05) is 0 Å². The van der Waals surface area contributed by atoms with Crippen molar-refractivity contribution in [3.8, 4) is 0 Å². The van der Waals surface area contributed by atoms with Crippen LogP contribution < -0.4 is 0 Å². The van der Waals surface area contributed by atoms with E-state index >= 15 is 0 Å². The van der Waals surface area contributed by atoms with Crippen LogP contribution in [-0.4, -0.2) is 28.4 Å². The van der Waals surface area contributed by atoms with Crippen molar-refractivity contribution in [1.29, 1.82) is 0 Å². The summed E-state index contributed by atoms with van der Waals surface area (Å²) in [5.74, 6) is 0. The second kappa shape index (κ2) is 1.99. The maximum absolute atomic E-state index is 5.18. The van der Waals surface area contributed by atoms with Crippen LogP contribution in [0.1, 0.15) is 12.8 Å². The zero-order chi connectivity index (χ0) is 4.41. The molecule has 2 heteroatoms. The fraction of sp³-hybridized carbons (Fsp3) is 1.00. The van der Waals surface area contributed by atoms with Crippen LogP contribution in [0, 0.1) is 0 Å². The van der Waals surface area contributed by atoms with Gasteiger partial charge in [0.2, 0.25) is 0 Å². The molecule has 1 aliphatic rings. The Hall–Kier alpha value is 0.518. The third-order valence-corrected chi connectivity index (χ3v) is 2.07. The van der Waals surface area contributed by atoms with Crippen LogP contribution >= 0.6 is 0 Å². The van der Waals surface area contributed by atoms with E-state index in [-0.39, 0.29) is 0 Å². The van der Waals surface area contributed by atoms with E-state index in [1.165, 1.54) is 12.8 Å². The first-order valence-electron chi connectivity index (χ1n) is 2.27. The van der Waals surface area contributed by atoms with Gasteiger partial charge in [-0.2, -0.15) is 0 Å². The molecule has 2 atom stereocenters. The molecule has 2 unspecified atom stereocenters. The Morgan fingerprint density at radius 2 is 2.50 bits per heavy atom. The van der Waals surface area contributed by atoms with E-state index in [0.29, 0.717) is 4.89 Å². The van der Waals surface area contributed by atoms with Crippen LogP contribution in [0.2, 0.25) is 0 Å². The first-order valence-corrected chi connectivity index (χ1v) is 3.66. The predicted molar refractivity (Wildman–Crippen MR) is 27.5 cm³/mol. The summed E-state index contributed by atoms with van der Waals surface area (Å²) in [6, 6.07) is 0. The molecule has 0 amide bonds. The predicted octanol–water partition coefficient (Wildman–Crippen LogP) is -0.244. The number of ether oxygens (including phenoxy) is 1. The van der Waals surface area contributed by atoms with Gasteiger partial charge in [-0.25, -0.2) is 0 Å². The van der Waals surface area contributed by atoms with Gasteiger partial charge in [0.1, 0.15) is 0 Å². The molecule has 0 aromatic carbocycles. The summed E-state index contributed by atoms with van der Waals surface area (Å²) in [5, 5.41) is 0. The Labute approximate surface area is 46.6 Å². The Morgan fingerprint density at radius 3 is 2.67 bits per heavy atom. The second-order valence-electron chi connectivity index (χ2n) is 1.55. The molecule has 0 aliphatic carbocycles. The van der Waals surface area contributed by atoms with Gasteiger partial charge >= 0.3 is 45.9 Å². The molecule has 1 aliphatic heterocycles. The Balaban J connectivity index is 2.18. The van der Waals surface area contributed by atoms with E-state index < -0.39 is 0 Å². The van der Waals surface area contributed by atoms with Crippen molar-refractivity contribution in [3.63, 3.8) is 0 Å². The van der Waals surface area contributed by atoms with Crippen LogP contribution in [0.3, 0.4) is 0 Å². The van der Waals surface area contributed by atoms with Gasteiger partial charge in [0.05, 0.1) is 0 Å². The number of hydrogen-bond donors (Lipinski definition) is 0. The average Bonchev–Trinajstić information content (AvgIpc) is 1.86. The van der Waals surface area contributed by atoms with Crippen LogP contribution in [0.4, 0.5) is 0 Å². The Bertz CT molecular complexity index is 40.8. The molecule has 1 fully saturated rings. The Kier molecular flexibility index (Phi) is 1.55. The molecule has 1 heterocycles. The average molecular weight is 148 g/mol. The number of hydrogen-bond acceptors (Lipinski definition) is 1. The summed E-state index contributed by atoms with van der Waals surface area (Å²) in [6.07, 6.45) is 2.57. The van der Waals surface area contributed by atoms with Crippen LogP contribution in [0.25, 0.3) is 0 Å². The van der Waals surface area contributed by atoms with Crippen molar-refractivity contribution in [1.82, 2.24) is 0 Å². The van der Waals surface area contributed by atoms with Crippen LogP contribution in [-0.2, 0) is 4.74 Å². The van der Waals surface area contributed by atoms with Crippen molar-refractivity contribution >= 4 is 16.9 Å². The monoisotopic (exact) mass is 148 g/mol. The van der Waals surface area contributed by atoms with Crippen LogP contribution in [0.15, 0.2) is 0 Å². The van der Waals surface area contributed by atoms with Gasteiger partial charge in [-0.3, -0.25) is 0 Å². The van der Waals surface area contributed by atoms with Crippen molar-refractivity contribution in [2.75, 3.05) is 6.61 Å². The zero-order valence-corrected chi connectivity index (χ0v) is 6.11. The minimum atomic E-state index is 0.609. The van der Waals surface area contributed by atoms with Crippen molar-refractivity contribution in [3.05, 3.63) is 0 Å². The molecular formula is C4H9AsO. The fourth-order valence-electron chi connectivity index (χ4n) is 0.603. The first kappa shape index (κ1) is 4.67. The van der Waals surface area contributed by atoms with Gasteiger partial charge in [-0.05, 0) is 0 Å². The first-order chi connectivity index (χ1) is 2.89. The molecule has 1 saturated heterocycles. The molecule has 36 valence electrons. The van der Waals surface area contributed by atoms with E-state index in [1.807, 2.05) is 0 Å². The van der Waals surface area contributed by atoms with E-state index in [1.54, 1.807) is 16.9 Å². The zero-order valence-electron chi connectivity index (χ0n) is 3.68. The van der Waals surface area contributed by atoms with E-state index in [2.05, 4.69) is 0 Å². The summed E-state index contributed by atoms with van der Waals surface area (Å²) < 4.78 is 5.18. The third-order valence-electron chi connectivity index (χ3n) is 0.965. The van der Waals surface area contributed by atoms with Gasteiger partial charge in [0.25, 0.3) is 0 Å². The molecule has 6 heavy (non-hydrogen) atoms. The molecule has 0 saturated carbocycles. The summed E-state index contributed by atoms with van der Waals surface area (Å²) >= 11 is 1.72. The van der Waals surface area contributed by atoms with Crippen LogP contribution in [0.5, 0.6) is 0 Å². The van der Waals surface area contributed by atoms with Gasteiger partial charge in [0.15, 0.2) is 0 Å². The Morgan fingerprint density at radius 1 is 1.67 bits per heavy atom. The van der Waals surface area contributed by atoms with E-state index in [0.717, 1.165) is 6.61 Å². The molecule has 0 aromatic heterocycles. The molecule has 0 spiro atoms. The quantitative estimate of drug-likeness (QED) is 0.430. The molecule has 0 aromatic rings. The summed E-state index contributed by atoms with van der Waals surface area (Å²) in [5.41, 5.74) is 0.